The fourth-order valence-electron chi connectivity index (χ4n) is 2.17. The third-order valence-electron chi connectivity index (χ3n) is 3.18. The first-order valence-electron chi connectivity index (χ1n) is 6.83. The van der Waals surface area contributed by atoms with Crippen LogP contribution < -0.4 is 10.6 Å². The van der Waals surface area contributed by atoms with E-state index in [1.807, 2.05) is 25.2 Å². The minimum absolute atomic E-state index is 0.0910. The maximum absolute atomic E-state index is 4.38. The Labute approximate surface area is 119 Å². The molecule has 1 atom stereocenters. The molecule has 20 heavy (non-hydrogen) atoms. The molecule has 2 N–H and O–H groups in total. The van der Waals surface area contributed by atoms with E-state index < -0.39 is 0 Å². The van der Waals surface area contributed by atoms with Gasteiger partial charge < -0.3 is 10.6 Å². The lowest BCUT2D eigenvalue weighted by Gasteiger charge is -2.20. The SMILES string of the molecule is CNc1ncnc(NC(C)c2ccccn2)c1C(C)C. The smallest absolute Gasteiger partial charge is 0.135 e. The van der Waals surface area contributed by atoms with Crippen LogP contribution in [0.25, 0.3) is 0 Å². The molecule has 2 rings (SSSR count). The summed E-state index contributed by atoms with van der Waals surface area (Å²) in [4.78, 5) is 13.0. The van der Waals surface area contributed by atoms with Crippen LogP contribution in [0.3, 0.4) is 0 Å². The highest BCUT2D eigenvalue weighted by atomic mass is 15.1. The molecule has 0 saturated heterocycles. The third-order valence-corrected chi connectivity index (χ3v) is 3.18. The summed E-state index contributed by atoms with van der Waals surface area (Å²) in [7, 11) is 1.88. The first-order chi connectivity index (χ1) is 9.63. The van der Waals surface area contributed by atoms with Gasteiger partial charge in [-0.2, -0.15) is 0 Å². The summed E-state index contributed by atoms with van der Waals surface area (Å²) >= 11 is 0. The number of nitrogens with zero attached hydrogens (tertiary/aromatic N) is 3. The van der Waals surface area contributed by atoms with E-state index >= 15 is 0 Å². The zero-order valence-corrected chi connectivity index (χ0v) is 12.4. The Morgan fingerprint density at radius 1 is 1.00 bits per heavy atom. The van der Waals surface area contributed by atoms with Crippen LogP contribution in [0.5, 0.6) is 0 Å². The second kappa shape index (κ2) is 6.32. The molecule has 0 bridgehead atoms. The van der Waals surface area contributed by atoms with Gasteiger partial charge in [0.25, 0.3) is 0 Å². The highest BCUT2D eigenvalue weighted by Gasteiger charge is 2.16. The van der Waals surface area contributed by atoms with E-state index in [0.717, 1.165) is 22.9 Å². The van der Waals surface area contributed by atoms with Crippen molar-refractivity contribution in [1.82, 2.24) is 15.0 Å². The van der Waals surface area contributed by atoms with Crippen LogP contribution in [0.4, 0.5) is 11.6 Å². The molecule has 0 radical (unpaired) electrons. The molecule has 2 aromatic heterocycles. The maximum Gasteiger partial charge on any atom is 0.135 e. The van der Waals surface area contributed by atoms with Crippen molar-refractivity contribution in [3.05, 3.63) is 42.0 Å². The van der Waals surface area contributed by atoms with Crippen LogP contribution in [-0.2, 0) is 0 Å². The van der Waals surface area contributed by atoms with Gasteiger partial charge in [0, 0.05) is 18.8 Å². The average molecular weight is 271 g/mol. The molecule has 5 nitrogen and oxygen atoms in total. The first-order valence-corrected chi connectivity index (χ1v) is 6.83. The van der Waals surface area contributed by atoms with E-state index in [1.54, 1.807) is 12.5 Å². The van der Waals surface area contributed by atoms with Crippen LogP contribution in [-0.4, -0.2) is 22.0 Å². The fourth-order valence-corrected chi connectivity index (χ4v) is 2.17. The summed E-state index contributed by atoms with van der Waals surface area (Å²) in [5.74, 6) is 2.06. The Morgan fingerprint density at radius 2 is 1.75 bits per heavy atom. The second-order valence-electron chi connectivity index (χ2n) is 5.01. The predicted molar refractivity (Wildman–Crippen MR) is 81.9 cm³/mol. The number of aromatic nitrogens is 3. The summed E-state index contributed by atoms with van der Waals surface area (Å²) in [5, 5.41) is 6.55. The molecule has 0 aliphatic carbocycles. The normalized spacial score (nSPS) is 12.2. The zero-order valence-electron chi connectivity index (χ0n) is 12.4. The van der Waals surface area contributed by atoms with Gasteiger partial charge in [0.05, 0.1) is 11.7 Å². The standard InChI is InChI=1S/C15H21N5/c1-10(2)13-14(16-4)18-9-19-15(13)20-11(3)12-7-5-6-8-17-12/h5-11H,1-4H3,(H2,16,18,19,20). The zero-order chi connectivity index (χ0) is 14.5. The fraction of sp³-hybridized carbons (Fsp3) is 0.400. The van der Waals surface area contributed by atoms with Crippen molar-refractivity contribution in [1.29, 1.82) is 0 Å². The first kappa shape index (κ1) is 14.2. The van der Waals surface area contributed by atoms with Crippen LogP contribution >= 0.6 is 0 Å². The highest BCUT2D eigenvalue weighted by Crippen LogP contribution is 2.29. The number of rotatable bonds is 5. The van der Waals surface area contributed by atoms with E-state index in [-0.39, 0.29) is 6.04 Å². The maximum atomic E-state index is 4.38. The molecule has 106 valence electrons. The Hall–Kier alpha value is -2.17. The molecular weight excluding hydrogens is 250 g/mol. The van der Waals surface area contributed by atoms with Crippen molar-refractivity contribution >= 4 is 11.6 Å². The van der Waals surface area contributed by atoms with Gasteiger partial charge in [0.1, 0.15) is 18.0 Å². The number of nitrogens with one attached hydrogen (secondary N) is 2. The van der Waals surface area contributed by atoms with Crippen molar-refractivity contribution in [3.63, 3.8) is 0 Å². The Morgan fingerprint density at radius 3 is 2.35 bits per heavy atom. The Kier molecular flexibility index (Phi) is 4.50. The van der Waals surface area contributed by atoms with E-state index in [2.05, 4.69) is 46.4 Å². The van der Waals surface area contributed by atoms with Gasteiger partial charge in [-0.15, -0.1) is 0 Å². The van der Waals surface area contributed by atoms with Crippen molar-refractivity contribution in [2.45, 2.75) is 32.7 Å². The minimum Gasteiger partial charge on any atom is -0.373 e. The number of anilines is 2. The second-order valence-corrected chi connectivity index (χ2v) is 5.01. The van der Waals surface area contributed by atoms with Gasteiger partial charge in [0.2, 0.25) is 0 Å². The van der Waals surface area contributed by atoms with Crippen LogP contribution in [0.15, 0.2) is 30.7 Å². The molecule has 5 heteroatoms. The van der Waals surface area contributed by atoms with E-state index in [4.69, 9.17) is 0 Å². The summed E-state index contributed by atoms with van der Waals surface area (Å²) < 4.78 is 0. The molecule has 0 amide bonds. The highest BCUT2D eigenvalue weighted by molar-refractivity contribution is 5.59. The molecular formula is C15H21N5. The number of hydrogen-bond acceptors (Lipinski definition) is 5. The summed E-state index contributed by atoms with van der Waals surface area (Å²) in [5.41, 5.74) is 2.09. The van der Waals surface area contributed by atoms with Gasteiger partial charge in [-0.05, 0) is 25.0 Å². The molecule has 0 aliphatic heterocycles. The lowest BCUT2D eigenvalue weighted by Crippen LogP contribution is -2.13. The van der Waals surface area contributed by atoms with Crippen LogP contribution in [0.2, 0.25) is 0 Å². The van der Waals surface area contributed by atoms with E-state index in [1.165, 1.54) is 0 Å². The summed E-state index contributed by atoms with van der Waals surface area (Å²) in [6.07, 6.45) is 3.38. The van der Waals surface area contributed by atoms with Crippen molar-refractivity contribution in [2.75, 3.05) is 17.7 Å². The van der Waals surface area contributed by atoms with Gasteiger partial charge in [-0.3, -0.25) is 4.98 Å². The third kappa shape index (κ3) is 3.04. The Bertz CT molecular complexity index is 553. The molecule has 0 spiro atoms. The summed E-state index contributed by atoms with van der Waals surface area (Å²) in [6, 6.07) is 6.00. The van der Waals surface area contributed by atoms with Crippen molar-refractivity contribution in [3.8, 4) is 0 Å². The van der Waals surface area contributed by atoms with Crippen LogP contribution in [0, 0.1) is 0 Å². The van der Waals surface area contributed by atoms with Gasteiger partial charge in [-0.25, -0.2) is 9.97 Å². The minimum atomic E-state index is 0.0910. The molecule has 0 saturated carbocycles. The number of hydrogen-bond donors (Lipinski definition) is 2. The molecule has 0 aromatic carbocycles. The van der Waals surface area contributed by atoms with Gasteiger partial charge >= 0.3 is 0 Å². The molecule has 0 aliphatic rings. The molecule has 2 aromatic rings. The summed E-state index contributed by atoms with van der Waals surface area (Å²) in [6.45, 7) is 6.35. The number of pyridine rings is 1. The Balaban J connectivity index is 2.29. The van der Waals surface area contributed by atoms with E-state index in [0.29, 0.717) is 5.92 Å². The lowest BCUT2D eigenvalue weighted by molar-refractivity contribution is 0.802. The van der Waals surface area contributed by atoms with Gasteiger partial charge in [0.15, 0.2) is 0 Å². The van der Waals surface area contributed by atoms with Crippen molar-refractivity contribution < 1.29 is 0 Å². The van der Waals surface area contributed by atoms with Crippen LogP contribution in [0.1, 0.15) is 44.0 Å². The molecule has 1 unspecified atom stereocenters. The quantitative estimate of drug-likeness (QED) is 0.874. The monoisotopic (exact) mass is 271 g/mol. The van der Waals surface area contributed by atoms with Gasteiger partial charge in [-0.1, -0.05) is 19.9 Å². The topological polar surface area (TPSA) is 62.7 Å². The molecule has 0 fully saturated rings. The molecule has 2 heterocycles. The largest absolute Gasteiger partial charge is 0.373 e. The average Bonchev–Trinajstić information content (AvgIpc) is 2.47. The predicted octanol–water partition coefficient (Wildman–Crippen LogP) is 3.21. The lowest BCUT2D eigenvalue weighted by atomic mass is 10.0. The van der Waals surface area contributed by atoms with Crippen molar-refractivity contribution in [2.24, 2.45) is 0 Å². The van der Waals surface area contributed by atoms with E-state index in [9.17, 15) is 0 Å².